The van der Waals surface area contributed by atoms with E-state index in [2.05, 4.69) is 0 Å². The van der Waals surface area contributed by atoms with E-state index in [0.29, 0.717) is 6.42 Å². The van der Waals surface area contributed by atoms with E-state index in [1.54, 1.807) is 6.92 Å². The van der Waals surface area contributed by atoms with E-state index in [1.807, 2.05) is 0 Å². The van der Waals surface area contributed by atoms with Crippen LogP contribution in [0.2, 0.25) is 0 Å². The minimum absolute atomic E-state index is 0.0279. The summed E-state index contributed by atoms with van der Waals surface area (Å²) in [7, 11) is 0. The lowest BCUT2D eigenvalue weighted by atomic mass is 10.0. The van der Waals surface area contributed by atoms with Crippen LogP contribution in [0.5, 0.6) is 0 Å². The van der Waals surface area contributed by atoms with Crippen LogP contribution in [0.4, 0.5) is 0 Å². The number of Topliss-reactive ketones (excluding diaryl/α,β-unsaturated/α-hetero) is 1. The molecule has 1 saturated heterocycles. The maximum atomic E-state index is 11.1. The van der Waals surface area contributed by atoms with Gasteiger partial charge in [-0.1, -0.05) is 6.92 Å². The molecular weight excluding hydrogens is 188 g/mol. The SMILES string of the molecule is CCC(=O)CC1O[C@H](CO)[C@@H](O)[C@@H]1O. The predicted octanol–water partition coefficient (Wildman–Crippen LogP) is -1.16. The number of aliphatic hydroxyl groups excluding tert-OH is 3. The monoisotopic (exact) mass is 204 g/mol. The van der Waals surface area contributed by atoms with E-state index >= 15 is 0 Å². The first kappa shape index (κ1) is 11.6. The van der Waals surface area contributed by atoms with E-state index < -0.39 is 24.4 Å². The van der Waals surface area contributed by atoms with Crippen LogP contribution in [0.15, 0.2) is 0 Å². The van der Waals surface area contributed by atoms with Crippen LogP contribution < -0.4 is 0 Å². The normalized spacial score (nSPS) is 37.4. The van der Waals surface area contributed by atoms with E-state index in [0.717, 1.165) is 0 Å². The smallest absolute Gasteiger partial charge is 0.135 e. The van der Waals surface area contributed by atoms with E-state index in [-0.39, 0.29) is 18.8 Å². The van der Waals surface area contributed by atoms with Crippen LogP contribution in [0.1, 0.15) is 19.8 Å². The third-order valence-electron chi connectivity index (χ3n) is 2.46. The van der Waals surface area contributed by atoms with E-state index in [4.69, 9.17) is 9.84 Å². The summed E-state index contributed by atoms with van der Waals surface area (Å²) in [4.78, 5) is 11.1. The Kier molecular flexibility index (Phi) is 4.00. The molecule has 0 aromatic carbocycles. The van der Waals surface area contributed by atoms with Crippen molar-refractivity contribution >= 4 is 5.78 Å². The van der Waals surface area contributed by atoms with Gasteiger partial charge >= 0.3 is 0 Å². The number of ketones is 1. The molecule has 0 aliphatic carbocycles. The second-order valence-corrected chi connectivity index (χ2v) is 3.47. The average Bonchev–Trinajstić information content (AvgIpc) is 2.45. The van der Waals surface area contributed by atoms with Gasteiger partial charge in [0.05, 0.1) is 12.7 Å². The van der Waals surface area contributed by atoms with Gasteiger partial charge in [-0.25, -0.2) is 0 Å². The van der Waals surface area contributed by atoms with Gasteiger partial charge in [0.2, 0.25) is 0 Å². The Balaban J connectivity index is 2.52. The summed E-state index contributed by atoms with van der Waals surface area (Å²) < 4.78 is 5.14. The van der Waals surface area contributed by atoms with E-state index in [1.165, 1.54) is 0 Å². The Morgan fingerprint density at radius 1 is 1.29 bits per heavy atom. The first-order valence-electron chi connectivity index (χ1n) is 4.74. The zero-order valence-electron chi connectivity index (χ0n) is 8.09. The molecule has 0 spiro atoms. The Hall–Kier alpha value is -0.490. The van der Waals surface area contributed by atoms with Crippen LogP contribution in [-0.2, 0) is 9.53 Å². The number of hydrogen-bond donors (Lipinski definition) is 3. The van der Waals surface area contributed by atoms with Crippen LogP contribution in [-0.4, -0.2) is 52.1 Å². The van der Waals surface area contributed by atoms with Crippen molar-refractivity contribution in [1.29, 1.82) is 0 Å². The minimum atomic E-state index is -1.10. The molecule has 3 N–H and O–H groups in total. The number of aliphatic hydroxyl groups is 3. The van der Waals surface area contributed by atoms with Crippen molar-refractivity contribution in [3.63, 3.8) is 0 Å². The lowest BCUT2D eigenvalue weighted by Crippen LogP contribution is -2.34. The minimum Gasteiger partial charge on any atom is -0.394 e. The summed E-state index contributed by atoms with van der Waals surface area (Å²) in [5.41, 5.74) is 0. The highest BCUT2D eigenvalue weighted by molar-refractivity contribution is 5.78. The second kappa shape index (κ2) is 4.84. The summed E-state index contributed by atoms with van der Waals surface area (Å²) in [6.07, 6.45) is -3.18. The Morgan fingerprint density at radius 2 is 1.86 bits per heavy atom. The third-order valence-corrected chi connectivity index (χ3v) is 2.46. The average molecular weight is 204 g/mol. The molecule has 1 aliphatic rings. The summed E-state index contributed by atoms with van der Waals surface area (Å²) >= 11 is 0. The highest BCUT2D eigenvalue weighted by atomic mass is 16.6. The van der Waals surface area contributed by atoms with Crippen molar-refractivity contribution in [3.8, 4) is 0 Å². The zero-order valence-corrected chi connectivity index (χ0v) is 8.09. The Labute approximate surface area is 82.3 Å². The van der Waals surface area contributed by atoms with Gasteiger partial charge in [-0.3, -0.25) is 4.79 Å². The van der Waals surface area contributed by atoms with Crippen molar-refractivity contribution in [1.82, 2.24) is 0 Å². The lowest BCUT2D eigenvalue weighted by Gasteiger charge is -2.12. The summed E-state index contributed by atoms with van der Waals surface area (Å²) in [5.74, 6) is -0.0279. The molecule has 1 heterocycles. The molecule has 0 aromatic heterocycles. The van der Waals surface area contributed by atoms with Crippen molar-refractivity contribution in [3.05, 3.63) is 0 Å². The lowest BCUT2D eigenvalue weighted by molar-refractivity contribution is -0.123. The molecule has 5 heteroatoms. The molecule has 0 aromatic rings. The molecule has 1 fully saturated rings. The van der Waals surface area contributed by atoms with Crippen molar-refractivity contribution < 1.29 is 24.9 Å². The summed E-state index contributed by atoms with van der Waals surface area (Å²) in [6.45, 7) is 1.37. The molecule has 0 bridgehead atoms. The third kappa shape index (κ3) is 2.30. The molecule has 14 heavy (non-hydrogen) atoms. The predicted molar refractivity (Wildman–Crippen MR) is 47.7 cm³/mol. The molecule has 1 aliphatic heterocycles. The number of rotatable bonds is 4. The Bertz CT molecular complexity index is 205. The van der Waals surface area contributed by atoms with E-state index in [9.17, 15) is 15.0 Å². The van der Waals surface area contributed by atoms with Gasteiger partial charge in [-0.15, -0.1) is 0 Å². The first-order valence-corrected chi connectivity index (χ1v) is 4.74. The number of hydrogen-bond acceptors (Lipinski definition) is 5. The van der Waals surface area contributed by atoms with Gasteiger partial charge in [0, 0.05) is 12.8 Å². The second-order valence-electron chi connectivity index (χ2n) is 3.47. The molecule has 0 amide bonds. The standard InChI is InChI=1S/C9H16O5/c1-2-5(11)3-6-8(12)9(13)7(4-10)14-6/h6-10,12-13H,2-4H2,1H3/t6?,7-,8-,9-/m1/s1. The quantitative estimate of drug-likeness (QED) is 0.537. The highest BCUT2D eigenvalue weighted by Crippen LogP contribution is 2.23. The van der Waals surface area contributed by atoms with Gasteiger partial charge in [0.1, 0.15) is 24.1 Å². The van der Waals surface area contributed by atoms with Crippen LogP contribution in [0.25, 0.3) is 0 Å². The molecule has 82 valence electrons. The summed E-state index contributed by atoms with van der Waals surface area (Å²) in [6, 6.07) is 0. The molecule has 0 saturated carbocycles. The molecule has 4 atom stereocenters. The molecule has 1 rings (SSSR count). The molecular formula is C9H16O5. The highest BCUT2D eigenvalue weighted by Gasteiger charge is 2.42. The topological polar surface area (TPSA) is 87.0 Å². The van der Waals surface area contributed by atoms with Gasteiger partial charge < -0.3 is 20.1 Å². The summed E-state index contributed by atoms with van der Waals surface area (Å²) in [5, 5.41) is 27.6. The van der Waals surface area contributed by atoms with Crippen LogP contribution >= 0.6 is 0 Å². The van der Waals surface area contributed by atoms with Crippen LogP contribution in [0, 0.1) is 0 Å². The fourth-order valence-electron chi connectivity index (χ4n) is 1.51. The maximum absolute atomic E-state index is 11.1. The number of carbonyl (C=O) groups excluding carboxylic acids is 1. The van der Waals surface area contributed by atoms with Crippen molar-refractivity contribution in [2.75, 3.05) is 6.61 Å². The van der Waals surface area contributed by atoms with Gasteiger partial charge in [-0.05, 0) is 0 Å². The number of ether oxygens (including phenoxy) is 1. The largest absolute Gasteiger partial charge is 0.394 e. The zero-order chi connectivity index (χ0) is 10.7. The fourth-order valence-corrected chi connectivity index (χ4v) is 1.51. The molecule has 0 radical (unpaired) electrons. The Morgan fingerprint density at radius 3 is 2.29 bits per heavy atom. The van der Waals surface area contributed by atoms with Gasteiger partial charge in [-0.2, -0.15) is 0 Å². The maximum Gasteiger partial charge on any atom is 0.135 e. The van der Waals surface area contributed by atoms with Gasteiger partial charge in [0.15, 0.2) is 0 Å². The first-order chi connectivity index (χ1) is 6.60. The van der Waals surface area contributed by atoms with Gasteiger partial charge in [0.25, 0.3) is 0 Å². The fraction of sp³-hybridized carbons (Fsp3) is 0.889. The molecule has 1 unspecified atom stereocenters. The number of carbonyl (C=O) groups is 1. The van der Waals surface area contributed by atoms with Crippen molar-refractivity contribution in [2.24, 2.45) is 0 Å². The van der Waals surface area contributed by atoms with Crippen LogP contribution in [0.3, 0.4) is 0 Å². The molecule has 5 nitrogen and oxygen atoms in total. The van der Waals surface area contributed by atoms with Crippen molar-refractivity contribution in [2.45, 2.75) is 44.2 Å².